The van der Waals surface area contributed by atoms with Crippen LogP contribution in [0, 0.1) is 13.8 Å². The molecule has 3 atom stereocenters. The Morgan fingerprint density at radius 2 is 1.96 bits per heavy atom. The Balaban J connectivity index is 1.81. The predicted molar refractivity (Wildman–Crippen MR) is 96.1 cm³/mol. The quantitative estimate of drug-likeness (QED) is 0.852. The summed E-state index contributed by atoms with van der Waals surface area (Å²) in [5.41, 5.74) is 0.958. The van der Waals surface area contributed by atoms with Crippen molar-refractivity contribution in [2.45, 2.75) is 84.5 Å². The molecule has 0 saturated heterocycles. The molecule has 4 nitrogen and oxygen atoms in total. The zero-order chi connectivity index (χ0) is 17.2. The van der Waals surface area contributed by atoms with Crippen molar-refractivity contribution in [3.05, 3.63) is 21.4 Å². The van der Waals surface area contributed by atoms with Gasteiger partial charge in [-0.25, -0.2) is 4.79 Å². The zero-order valence-corrected chi connectivity index (χ0v) is 16.0. The molecule has 3 unspecified atom stereocenters. The molecule has 0 aromatic carbocycles. The molecule has 1 aliphatic carbocycles. The summed E-state index contributed by atoms with van der Waals surface area (Å²) in [6.45, 7) is 12.2. The van der Waals surface area contributed by atoms with E-state index in [1.807, 2.05) is 32.1 Å². The molecule has 1 fully saturated rings. The molecule has 2 rings (SSSR count). The van der Waals surface area contributed by atoms with Crippen LogP contribution >= 0.6 is 11.3 Å². The lowest BCUT2D eigenvalue weighted by atomic mass is 10.1. The van der Waals surface area contributed by atoms with Gasteiger partial charge in [-0.05, 0) is 72.4 Å². The standard InChI is InChI=1S/C18H30N2O2S/c1-11-9-16(13(3)23-11)12(2)19-14-7-8-15(10-14)20-17(21)22-18(4,5)6/h9,12,14-15,19H,7-8,10H2,1-6H3,(H,20,21). The molecule has 2 N–H and O–H groups in total. The molecule has 1 amide bonds. The van der Waals surface area contributed by atoms with E-state index < -0.39 is 5.60 Å². The van der Waals surface area contributed by atoms with Crippen LogP contribution in [-0.2, 0) is 4.74 Å². The van der Waals surface area contributed by atoms with Crippen LogP contribution in [0.1, 0.15) is 68.3 Å². The van der Waals surface area contributed by atoms with Gasteiger partial charge < -0.3 is 15.4 Å². The number of aryl methyl sites for hydroxylation is 2. The molecule has 0 aliphatic heterocycles. The maximum Gasteiger partial charge on any atom is 0.407 e. The summed E-state index contributed by atoms with van der Waals surface area (Å²) in [6.07, 6.45) is 2.75. The van der Waals surface area contributed by atoms with Gasteiger partial charge in [-0.1, -0.05) is 0 Å². The smallest absolute Gasteiger partial charge is 0.407 e. The van der Waals surface area contributed by atoms with Crippen molar-refractivity contribution in [2.24, 2.45) is 0 Å². The highest BCUT2D eigenvalue weighted by Crippen LogP contribution is 2.28. The molecule has 130 valence electrons. The van der Waals surface area contributed by atoms with Gasteiger partial charge in [0.2, 0.25) is 0 Å². The van der Waals surface area contributed by atoms with Gasteiger partial charge in [-0.2, -0.15) is 0 Å². The molecule has 1 aromatic rings. The minimum atomic E-state index is -0.441. The first kappa shape index (κ1) is 18.3. The molecular weight excluding hydrogens is 308 g/mol. The van der Waals surface area contributed by atoms with Crippen molar-refractivity contribution in [1.29, 1.82) is 0 Å². The molecule has 0 bridgehead atoms. The topological polar surface area (TPSA) is 50.4 Å². The molecule has 0 spiro atoms. The summed E-state index contributed by atoms with van der Waals surface area (Å²) in [6, 6.07) is 3.29. The van der Waals surface area contributed by atoms with Gasteiger partial charge in [0.25, 0.3) is 0 Å². The van der Waals surface area contributed by atoms with Crippen molar-refractivity contribution in [1.82, 2.24) is 10.6 Å². The number of carbonyl (C=O) groups is 1. The van der Waals surface area contributed by atoms with Gasteiger partial charge in [-0.15, -0.1) is 11.3 Å². The van der Waals surface area contributed by atoms with E-state index in [0.29, 0.717) is 12.1 Å². The number of hydrogen-bond donors (Lipinski definition) is 2. The molecule has 0 radical (unpaired) electrons. The summed E-state index contributed by atoms with van der Waals surface area (Å²) in [5.74, 6) is 0. The number of carbonyl (C=O) groups excluding carboxylic acids is 1. The van der Waals surface area contributed by atoms with Gasteiger partial charge in [0.1, 0.15) is 5.60 Å². The normalized spacial score (nSPS) is 22.9. The zero-order valence-electron chi connectivity index (χ0n) is 15.2. The Hall–Kier alpha value is -1.07. The van der Waals surface area contributed by atoms with Crippen LogP contribution in [0.5, 0.6) is 0 Å². The first-order valence-electron chi connectivity index (χ1n) is 8.46. The number of alkyl carbamates (subject to hydrolysis) is 1. The number of rotatable bonds is 4. The fourth-order valence-corrected chi connectivity index (χ4v) is 4.28. The highest BCUT2D eigenvalue weighted by molar-refractivity contribution is 7.12. The lowest BCUT2D eigenvalue weighted by Crippen LogP contribution is -2.39. The Bertz CT molecular complexity index is 548. The third-order valence-electron chi connectivity index (χ3n) is 4.19. The highest BCUT2D eigenvalue weighted by Gasteiger charge is 2.28. The average Bonchev–Trinajstić information content (AvgIpc) is 2.93. The minimum Gasteiger partial charge on any atom is -0.444 e. The fourth-order valence-electron chi connectivity index (χ4n) is 3.26. The first-order valence-corrected chi connectivity index (χ1v) is 9.28. The van der Waals surface area contributed by atoms with Crippen molar-refractivity contribution < 1.29 is 9.53 Å². The lowest BCUT2D eigenvalue weighted by Gasteiger charge is -2.22. The molecule has 23 heavy (non-hydrogen) atoms. The van der Waals surface area contributed by atoms with Gasteiger partial charge in [0.05, 0.1) is 0 Å². The predicted octanol–water partition coefficient (Wildman–Crippen LogP) is 4.46. The Morgan fingerprint density at radius 1 is 1.30 bits per heavy atom. The third kappa shape index (κ3) is 5.50. The average molecular weight is 339 g/mol. The van der Waals surface area contributed by atoms with Crippen LogP contribution in [-0.4, -0.2) is 23.8 Å². The lowest BCUT2D eigenvalue weighted by molar-refractivity contribution is 0.0505. The van der Waals surface area contributed by atoms with Crippen LogP contribution in [0.15, 0.2) is 6.07 Å². The van der Waals surface area contributed by atoms with Crippen LogP contribution in [0.3, 0.4) is 0 Å². The summed E-state index contributed by atoms with van der Waals surface area (Å²) in [4.78, 5) is 14.6. The van der Waals surface area contributed by atoms with Crippen molar-refractivity contribution in [2.75, 3.05) is 0 Å². The van der Waals surface area contributed by atoms with Gasteiger partial charge in [0, 0.05) is 27.9 Å². The van der Waals surface area contributed by atoms with E-state index >= 15 is 0 Å². The third-order valence-corrected chi connectivity index (χ3v) is 5.17. The Morgan fingerprint density at radius 3 is 2.52 bits per heavy atom. The second kappa shape index (κ2) is 7.22. The molecule has 5 heteroatoms. The second-order valence-electron chi connectivity index (χ2n) is 7.61. The first-order chi connectivity index (χ1) is 10.6. The summed E-state index contributed by atoms with van der Waals surface area (Å²) in [7, 11) is 0. The number of nitrogens with one attached hydrogen (secondary N) is 2. The molecule has 1 aliphatic rings. The van der Waals surface area contributed by atoms with E-state index in [2.05, 4.69) is 37.5 Å². The van der Waals surface area contributed by atoms with Crippen LogP contribution in [0.4, 0.5) is 4.79 Å². The second-order valence-corrected chi connectivity index (χ2v) is 9.07. The molecular formula is C18H30N2O2S. The number of hydrogen-bond acceptors (Lipinski definition) is 4. The van der Waals surface area contributed by atoms with Crippen molar-refractivity contribution in [3.8, 4) is 0 Å². The van der Waals surface area contributed by atoms with E-state index in [-0.39, 0.29) is 12.1 Å². The van der Waals surface area contributed by atoms with Crippen LogP contribution in [0.25, 0.3) is 0 Å². The van der Waals surface area contributed by atoms with E-state index in [9.17, 15) is 4.79 Å². The number of thiophene rings is 1. The Labute approximate surface area is 144 Å². The van der Waals surface area contributed by atoms with Crippen molar-refractivity contribution >= 4 is 17.4 Å². The maximum atomic E-state index is 11.9. The van der Waals surface area contributed by atoms with Gasteiger partial charge in [-0.3, -0.25) is 0 Å². The molecule has 1 heterocycles. The summed E-state index contributed by atoms with van der Waals surface area (Å²) < 4.78 is 5.33. The van der Waals surface area contributed by atoms with E-state index in [1.54, 1.807) is 0 Å². The van der Waals surface area contributed by atoms with E-state index in [4.69, 9.17) is 4.74 Å². The van der Waals surface area contributed by atoms with Gasteiger partial charge in [0.15, 0.2) is 0 Å². The highest BCUT2D eigenvalue weighted by atomic mass is 32.1. The number of amides is 1. The van der Waals surface area contributed by atoms with E-state index in [1.165, 1.54) is 15.3 Å². The Kier molecular flexibility index (Phi) is 5.74. The van der Waals surface area contributed by atoms with Crippen LogP contribution < -0.4 is 10.6 Å². The SMILES string of the molecule is Cc1cc(C(C)NC2CCC(NC(=O)OC(C)(C)C)C2)c(C)s1. The summed E-state index contributed by atoms with van der Waals surface area (Å²) >= 11 is 1.86. The molecule has 1 saturated carbocycles. The van der Waals surface area contributed by atoms with Gasteiger partial charge >= 0.3 is 6.09 Å². The molecule has 1 aromatic heterocycles. The number of ether oxygens (including phenoxy) is 1. The summed E-state index contributed by atoms with van der Waals surface area (Å²) in [5, 5.41) is 6.71. The van der Waals surface area contributed by atoms with Crippen molar-refractivity contribution in [3.63, 3.8) is 0 Å². The largest absolute Gasteiger partial charge is 0.444 e. The van der Waals surface area contributed by atoms with Crippen LogP contribution in [0.2, 0.25) is 0 Å². The minimum absolute atomic E-state index is 0.208. The van der Waals surface area contributed by atoms with E-state index in [0.717, 1.165) is 19.3 Å². The fraction of sp³-hybridized carbons (Fsp3) is 0.722. The maximum absolute atomic E-state index is 11.9. The monoisotopic (exact) mass is 338 g/mol.